The molecular formula is C18H14FNO4. The van der Waals surface area contributed by atoms with Crippen molar-refractivity contribution < 1.29 is 18.3 Å². The standard InChI is InChI=1S/C18H14FNO4/c1-10-3-6-14(19)15(7-10)20-18(22)13-9-17(21)24-16-8-11(23-2)4-5-12(13)16/h3-9H,1-2H3,(H,20,22). The summed E-state index contributed by atoms with van der Waals surface area (Å²) in [5.74, 6) is -0.654. The highest BCUT2D eigenvalue weighted by Gasteiger charge is 2.15. The molecule has 5 nitrogen and oxygen atoms in total. The minimum absolute atomic E-state index is 0.0508. The average molecular weight is 327 g/mol. The lowest BCUT2D eigenvalue weighted by molar-refractivity contribution is 0.102. The molecule has 122 valence electrons. The average Bonchev–Trinajstić information content (AvgIpc) is 2.56. The second kappa shape index (κ2) is 6.16. The highest BCUT2D eigenvalue weighted by molar-refractivity contribution is 6.12. The summed E-state index contributed by atoms with van der Waals surface area (Å²) >= 11 is 0. The number of hydrogen-bond donors (Lipinski definition) is 1. The summed E-state index contributed by atoms with van der Waals surface area (Å²) in [5.41, 5.74) is 0.496. The molecule has 0 bridgehead atoms. The summed E-state index contributed by atoms with van der Waals surface area (Å²) in [6, 6.07) is 10.2. The Morgan fingerprint density at radius 2 is 1.96 bits per heavy atom. The number of nitrogens with one attached hydrogen (secondary N) is 1. The molecule has 0 unspecified atom stereocenters. The number of aryl methyl sites for hydroxylation is 1. The first kappa shape index (κ1) is 15.7. The number of methoxy groups -OCH3 is 1. The maximum Gasteiger partial charge on any atom is 0.337 e. The number of rotatable bonds is 3. The number of benzene rings is 2. The van der Waals surface area contributed by atoms with Crippen LogP contribution in [0, 0.1) is 12.7 Å². The third kappa shape index (κ3) is 2.99. The molecule has 2 aromatic carbocycles. The van der Waals surface area contributed by atoms with Gasteiger partial charge in [-0.15, -0.1) is 0 Å². The van der Waals surface area contributed by atoms with Gasteiger partial charge < -0.3 is 14.5 Å². The molecular weight excluding hydrogens is 313 g/mol. The monoisotopic (exact) mass is 327 g/mol. The zero-order valence-corrected chi connectivity index (χ0v) is 13.1. The molecule has 0 saturated carbocycles. The van der Waals surface area contributed by atoms with Gasteiger partial charge in [-0.05, 0) is 36.8 Å². The van der Waals surface area contributed by atoms with Crippen molar-refractivity contribution in [2.24, 2.45) is 0 Å². The molecule has 1 aromatic heterocycles. The summed E-state index contributed by atoms with van der Waals surface area (Å²) in [4.78, 5) is 24.2. The third-order valence-corrected chi connectivity index (χ3v) is 3.57. The van der Waals surface area contributed by atoms with Gasteiger partial charge in [0.2, 0.25) is 0 Å². The van der Waals surface area contributed by atoms with Gasteiger partial charge in [-0.2, -0.15) is 0 Å². The van der Waals surface area contributed by atoms with E-state index in [0.29, 0.717) is 11.1 Å². The van der Waals surface area contributed by atoms with E-state index in [1.807, 2.05) is 0 Å². The number of carbonyl (C=O) groups is 1. The van der Waals surface area contributed by atoms with E-state index in [9.17, 15) is 14.0 Å². The first-order valence-electron chi connectivity index (χ1n) is 7.17. The Morgan fingerprint density at radius 1 is 1.17 bits per heavy atom. The molecule has 6 heteroatoms. The Hall–Kier alpha value is -3.15. The molecule has 1 amide bonds. The molecule has 0 spiro atoms. The maximum atomic E-state index is 13.8. The van der Waals surface area contributed by atoms with Gasteiger partial charge in [0.25, 0.3) is 5.91 Å². The van der Waals surface area contributed by atoms with E-state index in [-0.39, 0.29) is 16.8 Å². The van der Waals surface area contributed by atoms with Crippen LogP contribution in [-0.2, 0) is 0 Å². The van der Waals surface area contributed by atoms with Gasteiger partial charge in [-0.3, -0.25) is 4.79 Å². The fraction of sp³-hybridized carbons (Fsp3) is 0.111. The quantitative estimate of drug-likeness (QED) is 0.748. The summed E-state index contributed by atoms with van der Waals surface area (Å²) in [6.45, 7) is 1.79. The predicted octanol–water partition coefficient (Wildman–Crippen LogP) is 3.50. The highest BCUT2D eigenvalue weighted by atomic mass is 19.1. The molecule has 24 heavy (non-hydrogen) atoms. The Labute approximate surface area is 136 Å². The van der Waals surface area contributed by atoms with Crippen LogP contribution in [-0.4, -0.2) is 13.0 Å². The van der Waals surface area contributed by atoms with E-state index in [0.717, 1.165) is 11.6 Å². The normalized spacial score (nSPS) is 10.6. The van der Waals surface area contributed by atoms with Crippen LogP contribution in [0.25, 0.3) is 11.0 Å². The number of halogens is 1. The largest absolute Gasteiger partial charge is 0.497 e. The molecule has 3 rings (SSSR count). The minimum atomic E-state index is -0.675. The molecule has 0 fully saturated rings. The van der Waals surface area contributed by atoms with Gasteiger partial charge in [0.15, 0.2) is 0 Å². The third-order valence-electron chi connectivity index (χ3n) is 3.57. The number of hydrogen-bond acceptors (Lipinski definition) is 4. The van der Waals surface area contributed by atoms with E-state index in [2.05, 4.69) is 5.32 Å². The SMILES string of the molecule is COc1ccc2c(C(=O)Nc3cc(C)ccc3F)cc(=O)oc2c1. The number of amides is 1. The van der Waals surface area contributed by atoms with Gasteiger partial charge in [0.1, 0.15) is 17.1 Å². The van der Waals surface area contributed by atoms with Crippen molar-refractivity contribution in [2.45, 2.75) is 6.92 Å². The topological polar surface area (TPSA) is 68.5 Å². The minimum Gasteiger partial charge on any atom is -0.497 e. The molecule has 0 aliphatic carbocycles. The van der Waals surface area contributed by atoms with Gasteiger partial charge >= 0.3 is 5.63 Å². The Kier molecular flexibility index (Phi) is 4.04. The van der Waals surface area contributed by atoms with Crippen molar-refractivity contribution in [1.29, 1.82) is 0 Å². The second-order valence-electron chi connectivity index (χ2n) is 5.28. The first-order valence-corrected chi connectivity index (χ1v) is 7.17. The van der Waals surface area contributed by atoms with Gasteiger partial charge in [-0.1, -0.05) is 6.07 Å². The smallest absolute Gasteiger partial charge is 0.337 e. The van der Waals surface area contributed by atoms with Crippen LogP contribution in [0.5, 0.6) is 5.75 Å². The van der Waals surface area contributed by atoms with Crippen molar-refractivity contribution in [3.8, 4) is 5.75 Å². The maximum absolute atomic E-state index is 13.8. The second-order valence-corrected chi connectivity index (χ2v) is 5.28. The molecule has 0 saturated heterocycles. The lowest BCUT2D eigenvalue weighted by Crippen LogP contribution is -2.16. The number of carbonyl (C=O) groups excluding carboxylic acids is 1. The zero-order chi connectivity index (χ0) is 17.3. The van der Waals surface area contributed by atoms with Crippen molar-refractivity contribution in [3.63, 3.8) is 0 Å². The Balaban J connectivity index is 2.06. The number of fused-ring (bicyclic) bond motifs is 1. The van der Waals surface area contributed by atoms with Crippen molar-refractivity contribution in [3.05, 3.63) is 69.8 Å². The molecule has 3 aromatic rings. The lowest BCUT2D eigenvalue weighted by Gasteiger charge is -2.09. The van der Waals surface area contributed by atoms with E-state index in [1.54, 1.807) is 25.1 Å². The van der Waals surface area contributed by atoms with E-state index in [4.69, 9.17) is 9.15 Å². The highest BCUT2D eigenvalue weighted by Crippen LogP contribution is 2.24. The fourth-order valence-corrected chi connectivity index (χ4v) is 2.38. The number of anilines is 1. The van der Waals surface area contributed by atoms with Crippen molar-refractivity contribution >= 4 is 22.6 Å². The van der Waals surface area contributed by atoms with Gasteiger partial charge in [0, 0.05) is 17.5 Å². The van der Waals surface area contributed by atoms with E-state index >= 15 is 0 Å². The van der Waals surface area contributed by atoms with Crippen LogP contribution in [0.15, 0.2) is 51.7 Å². The number of ether oxygens (including phenoxy) is 1. The fourth-order valence-electron chi connectivity index (χ4n) is 2.38. The molecule has 0 aliphatic rings. The molecule has 0 aliphatic heterocycles. The van der Waals surface area contributed by atoms with Crippen LogP contribution in [0.4, 0.5) is 10.1 Å². The Morgan fingerprint density at radius 3 is 2.71 bits per heavy atom. The zero-order valence-electron chi connectivity index (χ0n) is 13.1. The molecule has 1 N–H and O–H groups in total. The van der Waals surface area contributed by atoms with Gasteiger partial charge in [-0.25, -0.2) is 9.18 Å². The molecule has 0 atom stereocenters. The van der Waals surface area contributed by atoms with Crippen molar-refractivity contribution in [2.75, 3.05) is 12.4 Å². The Bertz CT molecular complexity index is 994. The predicted molar refractivity (Wildman–Crippen MR) is 88.1 cm³/mol. The van der Waals surface area contributed by atoms with Crippen LogP contribution in [0.3, 0.4) is 0 Å². The van der Waals surface area contributed by atoms with Crippen LogP contribution in [0.1, 0.15) is 15.9 Å². The summed E-state index contributed by atoms with van der Waals surface area (Å²) in [5, 5.41) is 2.92. The lowest BCUT2D eigenvalue weighted by atomic mass is 10.1. The summed E-state index contributed by atoms with van der Waals surface area (Å²) < 4.78 is 24.0. The van der Waals surface area contributed by atoms with Gasteiger partial charge in [0.05, 0.1) is 18.4 Å². The van der Waals surface area contributed by atoms with E-state index in [1.165, 1.54) is 25.3 Å². The van der Waals surface area contributed by atoms with E-state index < -0.39 is 17.3 Å². The molecule has 0 radical (unpaired) electrons. The summed E-state index contributed by atoms with van der Waals surface area (Å²) in [6.07, 6.45) is 0. The van der Waals surface area contributed by atoms with Crippen molar-refractivity contribution in [1.82, 2.24) is 0 Å². The molecule has 1 heterocycles. The van der Waals surface area contributed by atoms with Crippen LogP contribution < -0.4 is 15.7 Å². The van der Waals surface area contributed by atoms with Crippen LogP contribution in [0.2, 0.25) is 0 Å². The van der Waals surface area contributed by atoms with Crippen LogP contribution >= 0.6 is 0 Å². The first-order chi connectivity index (χ1) is 11.5. The summed E-state index contributed by atoms with van der Waals surface area (Å²) in [7, 11) is 1.48.